The fourth-order valence-electron chi connectivity index (χ4n) is 2.47. The molecule has 2 heterocycles. The Balaban J connectivity index is 1.78. The molecule has 0 aromatic heterocycles. The van der Waals surface area contributed by atoms with Crippen molar-refractivity contribution in [3.8, 4) is 11.5 Å². The van der Waals surface area contributed by atoms with Crippen LogP contribution in [0.1, 0.15) is 30.9 Å². The third kappa shape index (κ3) is 2.45. The van der Waals surface area contributed by atoms with Crippen LogP contribution in [0, 0.1) is 0 Å². The van der Waals surface area contributed by atoms with E-state index in [1.807, 2.05) is 30.0 Å². The Kier molecular flexibility index (Phi) is 3.66. The van der Waals surface area contributed by atoms with Crippen molar-refractivity contribution in [2.75, 3.05) is 19.0 Å². The van der Waals surface area contributed by atoms with Gasteiger partial charge in [-0.25, -0.2) is 0 Å². The predicted molar refractivity (Wildman–Crippen MR) is 72.5 cm³/mol. The van der Waals surface area contributed by atoms with Crippen molar-refractivity contribution in [2.24, 2.45) is 0 Å². The SMILES string of the molecule is OC(c1ccc2c(c1)OCCO2)C1CCCCS1. The second-order valence-electron chi connectivity index (χ2n) is 4.75. The minimum Gasteiger partial charge on any atom is -0.486 e. The average Bonchev–Trinajstić information content (AvgIpc) is 2.47. The van der Waals surface area contributed by atoms with E-state index in [1.54, 1.807) is 0 Å². The molecule has 0 spiro atoms. The molecule has 1 N–H and O–H groups in total. The van der Waals surface area contributed by atoms with Crippen LogP contribution >= 0.6 is 11.8 Å². The van der Waals surface area contributed by atoms with Crippen molar-refractivity contribution in [1.29, 1.82) is 0 Å². The van der Waals surface area contributed by atoms with Gasteiger partial charge in [-0.3, -0.25) is 0 Å². The van der Waals surface area contributed by atoms with Gasteiger partial charge in [-0.15, -0.1) is 0 Å². The van der Waals surface area contributed by atoms with E-state index in [9.17, 15) is 5.11 Å². The number of aliphatic hydroxyl groups is 1. The van der Waals surface area contributed by atoms with E-state index in [-0.39, 0.29) is 0 Å². The van der Waals surface area contributed by atoms with Crippen molar-refractivity contribution in [3.63, 3.8) is 0 Å². The van der Waals surface area contributed by atoms with E-state index in [0.717, 1.165) is 29.2 Å². The highest BCUT2D eigenvalue weighted by Gasteiger charge is 2.25. The molecular formula is C14H18O3S. The lowest BCUT2D eigenvalue weighted by Crippen LogP contribution is -2.20. The van der Waals surface area contributed by atoms with E-state index in [2.05, 4.69) is 0 Å². The summed E-state index contributed by atoms with van der Waals surface area (Å²) in [6, 6.07) is 5.78. The molecular weight excluding hydrogens is 248 g/mol. The summed E-state index contributed by atoms with van der Waals surface area (Å²) >= 11 is 1.88. The molecule has 1 saturated heterocycles. The zero-order valence-corrected chi connectivity index (χ0v) is 11.1. The third-order valence-corrected chi connectivity index (χ3v) is 4.92. The molecule has 3 nitrogen and oxygen atoms in total. The molecule has 2 unspecified atom stereocenters. The van der Waals surface area contributed by atoms with Crippen LogP contribution in [-0.2, 0) is 0 Å². The number of fused-ring (bicyclic) bond motifs is 1. The van der Waals surface area contributed by atoms with Gasteiger partial charge in [-0.2, -0.15) is 11.8 Å². The van der Waals surface area contributed by atoms with Gasteiger partial charge in [0, 0.05) is 5.25 Å². The molecule has 0 amide bonds. The Labute approximate surface area is 111 Å². The van der Waals surface area contributed by atoms with Gasteiger partial charge >= 0.3 is 0 Å². The second kappa shape index (κ2) is 5.41. The number of aliphatic hydroxyl groups excluding tert-OH is 1. The first kappa shape index (κ1) is 12.2. The lowest BCUT2D eigenvalue weighted by Gasteiger charge is -2.27. The van der Waals surface area contributed by atoms with Gasteiger partial charge in [0.25, 0.3) is 0 Å². The van der Waals surface area contributed by atoms with Crippen molar-refractivity contribution in [1.82, 2.24) is 0 Å². The predicted octanol–water partition coefficient (Wildman–Crippen LogP) is 2.78. The highest BCUT2D eigenvalue weighted by molar-refractivity contribution is 7.99. The molecule has 1 aromatic carbocycles. The average molecular weight is 266 g/mol. The van der Waals surface area contributed by atoms with Crippen LogP contribution in [0.2, 0.25) is 0 Å². The van der Waals surface area contributed by atoms with Crippen molar-refractivity contribution in [2.45, 2.75) is 30.6 Å². The maximum Gasteiger partial charge on any atom is 0.161 e. The van der Waals surface area contributed by atoms with E-state index < -0.39 is 6.10 Å². The minimum absolute atomic E-state index is 0.321. The Hall–Kier alpha value is -0.870. The second-order valence-corrected chi connectivity index (χ2v) is 6.10. The van der Waals surface area contributed by atoms with E-state index >= 15 is 0 Å². The molecule has 0 bridgehead atoms. The summed E-state index contributed by atoms with van der Waals surface area (Å²) in [6.45, 7) is 1.19. The van der Waals surface area contributed by atoms with Crippen LogP contribution in [0.5, 0.6) is 11.5 Å². The number of benzene rings is 1. The molecule has 2 aliphatic heterocycles. The zero-order valence-electron chi connectivity index (χ0n) is 10.3. The van der Waals surface area contributed by atoms with Crippen molar-refractivity contribution in [3.05, 3.63) is 23.8 Å². The Morgan fingerprint density at radius 2 is 2.00 bits per heavy atom. The lowest BCUT2D eigenvalue weighted by atomic mass is 10.0. The summed E-state index contributed by atoms with van der Waals surface area (Å²) in [5.74, 6) is 2.71. The molecule has 2 aliphatic rings. The summed E-state index contributed by atoms with van der Waals surface area (Å²) in [5, 5.41) is 10.8. The third-order valence-electron chi connectivity index (χ3n) is 3.47. The maximum atomic E-state index is 10.4. The monoisotopic (exact) mass is 266 g/mol. The van der Waals surface area contributed by atoms with Gasteiger partial charge in [-0.05, 0) is 36.3 Å². The summed E-state index contributed by atoms with van der Waals surface area (Å²) in [5.41, 5.74) is 0.943. The molecule has 4 heteroatoms. The fourth-order valence-corrected chi connectivity index (χ4v) is 3.82. The first-order valence-corrected chi connectivity index (χ1v) is 7.59. The normalized spacial score (nSPS) is 24.6. The lowest BCUT2D eigenvalue weighted by molar-refractivity contribution is 0.160. The number of thioether (sulfide) groups is 1. The zero-order chi connectivity index (χ0) is 12.4. The summed E-state index contributed by atoms with van der Waals surface area (Å²) in [7, 11) is 0. The summed E-state index contributed by atoms with van der Waals surface area (Å²) in [6.07, 6.45) is 3.19. The smallest absolute Gasteiger partial charge is 0.161 e. The maximum absolute atomic E-state index is 10.4. The van der Waals surface area contributed by atoms with Crippen LogP contribution in [0.25, 0.3) is 0 Å². The molecule has 18 heavy (non-hydrogen) atoms. The van der Waals surface area contributed by atoms with Gasteiger partial charge < -0.3 is 14.6 Å². The number of hydrogen-bond acceptors (Lipinski definition) is 4. The summed E-state index contributed by atoms with van der Waals surface area (Å²) in [4.78, 5) is 0. The largest absolute Gasteiger partial charge is 0.486 e. The molecule has 0 saturated carbocycles. The Morgan fingerprint density at radius 3 is 2.78 bits per heavy atom. The number of rotatable bonds is 2. The Bertz CT molecular complexity index is 416. The molecule has 0 radical (unpaired) electrons. The molecule has 3 rings (SSSR count). The van der Waals surface area contributed by atoms with Crippen LogP contribution in [0.15, 0.2) is 18.2 Å². The highest BCUT2D eigenvalue weighted by atomic mass is 32.2. The van der Waals surface area contributed by atoms with Crippen molar-refractivity contribution >= 4 is 11.8 Å². The standard InChI is InChI=1S/C14H18O3S/c15-14(13-3-1-2-8-18-13)10-4-5-11-12(9-10)17-7-6-16-11/h4-5,9,13-15H,1-3,6-8H2. The molecule has 98 valence electrons. The van der Waals surface area contributed by atoms with E-state index in [0.29, 0.717) is 18.5 Å². The van der Waals surface area contributed by atoms with Gasteiger partial charge in [0.05, 0.1) is 6.10 Å². The minimum atomic E-state index is -0.397. The van der Waals surface area contributed by atoms with Crippen LogP contribution in [-0.4, -0.2) is 29.3 Å². The van der Waals surface area contributed by atoms with E-state index in [4.69, 9.17) is 9.47 Å². The molecule has 2 atom stereocenters. The Morgan fingerprint density at radius 1 is 1.17 bits per heavy atom. The van der Waals surface area contributed by atoms with Crippen LogP contribution in [0.4, 0.5) is 0 Å². The van der Waals surface area contributed by atoms with Crippen LogP contribution in [0.3, 0.4) is 0 Å². The van der Waals surface area contributed by atoms with Crippen molar-refractivity contribution < 1.29 is 14.6 Å². The summed E-state index contributed by atoms with van der Waals surface area (Å²) < 4.78 is 11.1. The van der Waals surface area contributed by atoms with Gasteiger partial charge in [0.15, 0.2) is 11.5 Å². The first-order chi connectivity index (χ1) is 8.84. The topological polar surface area (TPSA) is 38.7 Å². The highest BCUT2D eigenvalue weighted by Crippen LogP contribution is 2.38. The van der Waals surface area contributed by atoms with E-state index in [1.165, 1.54) is 12.8 Å². The molecule has 1 fully saturated rings. The number of ether oxygens (including phenoxy) is 2. The van der Waals surface area contributed by atoms with Gasteiger partial charge in [-0.1, -0.05) is 12.5 Å². The molecule has 0 aliphatic carbocycles. The van der Waals surface area contributed by atoms with Gasteiger partial charge in [0.2, 0.25) is 0 Å². The number of hydrogen-bond donors (Lipinski definition) is 1. The quantitative estimate of drug-likeness (QED) is 0.893. The molecule has 1 aromatic rings. The van der Waals surface area contributed by atoms with Gasteiger partial charge in [0.1, 0.15) is 13.2 Å². The first-order valence-electron chi connectivity index (χ1n) is 6.54. The fraction of sp³-hybridized carbons (Fsp3) is 0.571. The van der Waals surface area contributed by atoms with Crippen LogP contribution < -0.4 is 9.47 Å².